The van der Waals surface area contributed by atoms with Crippen molar-refractivity contribution in [3.8, 4) is 137 Å². The van der Waals surface area contributed by atoms with Crippen molar-refractivity contribution in [3.63, 3.8) is 0 Å². The van der Waals surface area contributed by atoms with Gasteiger partial charge in [-0.05, 0) is 164 Å². The van der Waals surface area contributed by atoms with E-state index in [4.69, 9.17) is 54.2 Å². The predicted octanol–water partition coefficient (Wildman–Crippen LogP) is 22.0. The second-order valence-corrected chi connectivity index (χ2v) is 26.9. The molecule has 0 fully saturated rings. The Morgan fingerprint density at radius 2 is 0.860 bits per heavy atom. The number of fused-ring (bicyclic) bond motifs is 1. The van der Waals surface area contributed by atoms with E-state index in [9.17, 15) is 48.7 Å². The molecule has 0 atom stereocenters. The van der Waals surface area contributed by atoms with Crippen LogP contribution in [0.5, 0.6) is 81.3 Å². The van der Waals surface area contributed by atoms with Gasteiger partial charge >= 0.3 is 5.97 Å². The van der Waals surface area contributed by atoms with Crippen molar-refractivity contribution in [1.29, 1.82) is 0 Å². The molecular weight excluding hydrogens is 1720 g/mol. The topological polar surface area (TPSA) is 297 Å². The molecule has 4 aromatic carbocycles. The van der Waals surface area contributed by atoms with Gasteiger partial charge in [-0.2, -0.15) is 13.9 Å². The number of alkyl halides is 8. The van der Waals surface area contributed by atoms with Gasteiger partial charge in [0, 0.05) is 126 Å². The summed E-state index contributed by atoms with van der Waals surface area (Å²) < 4.78 is 186. The number of rotatable bonds is 26. The Hall–Kier alpha value is -16.1. The van der Waals surface area contributed by atoms with Crippen molar-refractivity contribution in [3.05, 3.63) is 314 Å². The number of esters is 1. The fourth-order valence-electron chi connectivity index (χ4n) is 11.8. The van der Waals surface area contributed by atoms with Gasteiger partial charge in [-0.3, -0.25) is 19.7 Å². The molecule has 658 valence electrons. The first-order chi connectivity index (χ1) is 62.4. The highest BCUT2D eigenvalue weighted by Crippen LogP contribution is 2.44. The number of methoxy groups -OCH3 is 5. The van der Waals surface area contributed by atoms with E-state index in [0.717, 1.165) is 35.5 Å². The molecule has 12 aromatic heterocycles. The maximum Gasteiger partial charge on any atom is 0.325 e. The van der Waals surface area contributed by atoms with E-state index >= 15 is 0 Å². The van der Waals surface area contributed by atoms with Gasteiger partial charge in [-0.1, -0.05) is 17.7 Å². The number of ether oxygens (including phenoxy) is 10. The lowest BCUT2D eigenvalue weighted by atomic mass is 10.1. The molecule has 129 heavy (non-hydrogen) atoms. The molecule has 27 nitrogen and oxygen atoms in total. The van der Waals surface area contributed by atoms with Crippen molar-refractivity contribution in [2.24, 2.45) is 0 Å². The molecule has 12 heterocycles. The molecule has 0 aliphatic rings. The smallest absolute Gasteiger partial charge is 0.325 e. The molecule has 16 rings (SSSR count). The van der Waals surface area contributed by atoms with Crippen molar-refractivity contribution < 1.29 is 96.1 Å². The van der Waals surface area contributed by atoms with E-state index < -0.39 is 36.8 Å². The van der Waals surface area contributed by atoms with Crippen LogP contribution in [0.2, 0.25) is 5.02 Å². The van der Waals surface area contributed by atoms with E-state index in [1.54, 1.807) is 91.1 Å². The first-order valence-corrected chi connectivity index (χ1v) is 38.4. The van der Waals surface area contributed by atoms with Crippen molar-refractivity contribution in [2.45, 2.75) is 32.1 Å². The molecule has 0 spiro atoms. The molecule has 0 radical (unpaired) electrons. The Bertz CT molecular complexity index is 6270. The summed E-state index contributed by atoms with van der Waals surface area (Å²) >= 11 is 6.12. The summed E-state index contributed by atoms with van der Waals surface area (Å²) in [6.45, 7) is 0.807. The molecule has 0 bridgehead atoms. The van der Waals surface area contributed by atoms with E-state index in [-0.39, 0.29) is 69.8 Å². The number of hydrogen-bond acceptors (Lipinski definition) is 26. The second-order valence-electron chi connectivity index (χ2n) is 26.5. The third-order valence-electron chi connectivity index (χ3n) is 18.0. The summed E-state index contributed by atoms with van der Waals surface area (Å²) in [4.78, 5) is 66.1. The first-order valence-electron chi connectivity index (χ1n) is 38.0. The third-order valence-corrected chi connectivity index (χ3v) is 18.2. The van der Waals surface area contributed by atoms with Gasteiger partial charge in [0.15, 0.2) is 17.3 Å². The molecule has 0 saturated carbocycles. The van der Waals surface area contributed by atoms with Crippen LogP contribution in [0.25, 0.3) is 61.3 Å². The Morgan fingerprint density at radius 1 is 0.411 bits per heavy atom. The highest BCUT2D eigenvalue weighted by atomic mass is 35.5. The number of aromatic nitrogens is 15. The number of carbonyl (C=O) groups excluding carboxylic acids is 1. The number of nitrogens with zero attached hydrogens (tertiary/aromatic N) is 16. The third kappa shape index (κ3) is 24.1. The monoisotopic (exact) mass is 1790 g/mol. The van der Waals surface area contributed by atoms with Crippen LogP contribution >= 0.6 is 11.6 Å². The zero-order chi connectivity index (χ0) is 91.5. The van der Waals surface area contributed by atoms with Crippen LogP contribution in [-0.4, -0.2) is 130 Å². The average Bonchev–Trinajstić information content (AvgIpc) is 1.26. The second kappa shape index (κ2) is 44.0. The standard InChI is InChI=1S/C19H19N5O4.C18H13ClF2N2O2.C18H14F3N3O2.C18H13F3N2O2.C18H12F2N4O/c1-24(12-16(25)26-2)19-22-10-13(11-23-19)28-18-15(7-5-9-21-18)14-6-4-8-20-17(14)27-3;1-24-16-14(9-22-10-15(16)19)13-3-2-8-23-18(13)25-12-6-4-11(5-7-12)17(20)21;1-18(20,21)16-6-4-12(8-23-16)26-17-14(9-22-10-24-17)13-5-3-11(19)7-15(13)25-2;1-24-16-14(9-22-10-15(16)19)13-3-2-8-23-18(13)25-12-6-4-11(5-7-12)17(20)21;19-17(20)12-4-6-14(7-5-12)25-18-15(10-21-11-22-18)16-3-1-2-13-8-9-23-24(13)16/h4-11H,12H2,1-3H3;2-10,17H,1H3;3-10H,1-2H3;2-10,17H,1H3;1-11,17H. The largest absolute Gasteiger partial charge is 0.496 e. The molecule has 0 aliphatic carbocycles. The van der Waals surface area contributed by atoms with Crippen molar-refractivity contribution in [1.82, 2.24) is 74.4 Å². The quantitative estimate of drug-likeness (QED) is 0.0359. The lowest BCUT2D eigenvalue weighted by Crippen LogP contribution is -2.27. The summed E-state index contributed by atoms with van der Waals surface area (Å²) in [5.74, 6) is 0.152. The van der Waals surface area contributed by atoms with E-state index in [2.05, 4.69) is 74.6 Å². The van der Waals surface area contributed by atoms with Crippen LogP contribution in [0.4, 0.5) is 49.9 Å². The maximum absolute atomic E-state index is 13.9. The molecule has 0 aliphatic heterocycles. The fourth-order valence-corrected chi connectivity index (χ4v) is 12.1. The normalized spacial score (nSPS) is 10.8. The van der Waals surface area contributed by atoms with Gasteiger partial charge in [0.25, 0.3) is 25.2 Å². The fraction of sp³-hybridized carbons (Fsp3) is 0.132. The van der Waals surface area contributed by atoms with Crippen LogP contribution in [0.3, 0.4) is 0 Å². The van der Waals surface area contributed by atoms with E-state index in [0.29, 0.717) is 96.3 Å². The highest BCUT2D eigenvalue weighted by molar-refractivity contribution is 6.32. The van der Waals surface area contributed by atoms with Gasteiger partial charge in [0.1, 0.15) is 70.2 Å². The van der Waals surface area contributed by atoms with Gasteiger partial charge in [-0.15, -0.1) is 0 Å². The van der Waals surface area contributed by atoms with Gasteiger partial charge in [0.05, 0.1) is 94.4 Å². The van der Waals surface area contributed by atoms with E-state index in [1.807, 2.05) is 42.5 Å². The molecule has 0 amide bonds. The summed E-state index contributed by atoms with van der Waals surface area (Å²) in [5, 5.41) is 4.65. The number of carbonyl (C=O) groups is 1. The van der Waals surface area contributed by atoms with Gasteiger partial charge in [-0.25, -0.2) is 89.5 Å². The molecule has 0 N–H and O–H groups in total. The summed E-state index contributed by atoms with van der Waals surface area (Å²) in [7, 11) is 8.84. The summed E-state index contributed by atoms with van der Waals surface area (Å²) in [5.41, 5.74) is 6.24. The van der Waals surface area contributed by atoms with Crippen LogP contribution in [-0.2, 0) is 15.5 Å². The lowest BCUT2D eigenvalue weighted by molar-refractivity contribution is -0.138. The summed E-state index contributed by atoms with van der Waals surface area (Å²) in [6.07, 6.45) is 16.0. The van der Waals surface area contributed by atoms with Crippen molar-refractivity contribution >= 4 is 29.0 Å². The SMILES string of the molecule is COC(=O)CN(C)c1ncc(Oc2ncccc2-c2cccnc2OC)cn1.COc1c(Cl)cncc1-c1cccnc1Oc1ccc(C(F)F)cc1.COc1c(F)cncc1-c1cccnc1Oc1ccc(C(F)F)cc1.COc1cc(F)ccc1-c1cncnc1Oc1ccc(C(C)(F)F)nc1.FC(F)c1ccc(Oc2ncncc2-c2cccc3ccnn23)cc1. The molecule has 16 aromatic rings. The van der Waals surface area contributed by atoms with E-state index in [1.165, 1.54) is 188 Å². The lowest BCUT2D eigenvalue weighted by Gasteiger charge is -2.15. The Morgan fingerprint density at radius 3 is 1.35 bits per heavy atom. The van der Waals surface area contributed by atoms with Gasteiger partial charge < -0.3 is 52.3 Å². The first kappa shape index (κ1) is 92.1. The summed E-state index contributed by atoms with van der Waals surface area (Å²) in [6, 6.07) is 44.9. The minimum absolute atomic E-state index is 0.0147. The molecule has 38 heteroatoms. The molecular formula is C91H71ClF10N16O11. The number of anilines is 1. The van der Waals surface area contributed by atoms with Crippen LogP contribution in [0.15, 0.2) is 275 Å². The minimum atomic E-state index is -3.04. The number of benzene rings is 4. The van der Waals surface area contributed by atoms with Crippen LogP contribution in [0.1, 0.15) is 48.6 Å². The van der Waals surface area contributed by atoms with Crippen LogP contribution < -0.4 is 47.5 Å². The minimum Gasteiger partial charge on any atom is -0.496 e. The molecule has 0 saturated heterocycles. The van der Waals surface area contributed by atoms with Gasteiger partial charge in [0.2, 0.25) is 41.2 Å². The number of likely N-dealkylation sites (N-methyl/N-ethyl adjacent to an activating group) is 1. The number of halogens is 11. The zero-order valence-electron chi connectivity index (χ0n) is 68.7. The average molecular weight is 1790 g/mol. The number of hydrogen-bond donors (Lipinski definition) is 0. The maximum atomic E-state index is 13.9. The van der Waals surface area contributed by atoms with Crippen molar-refractivity contribution in [2.75, 3.05) is 54.0 Å². The Balaban J connectivity index is 0.000000146. The Labute approximate surface area is 733 Å². The molecule has 0 unspecified atom stereocenters. The number of pyridine rings is 8. The van der Waals surface area contributed by atoms with Crippen LogP contribution in [0, 0.1) is 11.6 Å². The predicted molar refractivity (Wildman–Crippen MR) is 453 cm³/mol. The highest BCUT2D eigenvalue weighted by Gasteiger charge is 2.27. The Kier molecular flexibility index (Phi) is 31.4. The zero-order valence-corrected chi connectivity index (χ0v) is 69.5.